The number of halogens is 1. The van der Waals surface area contributed by atoms with E-state index in [1.54, 1.807) is 23.5 Å². The molecule has 0 bridgehead atoms. The Morgan fingerprint density at radius 2 is 1.76 bits per heavy atom. The highest BCUT2D eigenvalue weighted by Gasteiger charge is 2.25. The predicted molar refractivity (Wildman–Crippen MR) is 134 cm³/mol. The van der Waals surface area contributed by atoms with Gasteiger partial charge in [0, 0.05) is 49.7 Å². The highest BCUT2D eigenvalue weighted by molar-refractivity contribution is 7.18. The largest absolute Gasteiger partial charge is 0.379 e. The molecule has 2 aliphatic rings. The predicted octanol–water partition coefficient (Wildman–Crippen LogP) is 3.81. The van der Waals surface area contributed by atoms with Crippen LogP contribution in [0.25, 0.3) is 10.2 Å². The number of benzene rings is 1. The fourth-order valence-electron chi connectivity index (χ4n) is 4.67. The van der Waals surface area contributed by atoms with Crippen LogP contribution in [-0.2, 0) is 11.3 Å². The van der Waals surface area contributed by atoms with E-state index >= 15 is 0 Å². The van der Waals surface area contributed by atoms with E-state index in [0.29, 0.717) is 24.3 Å². The number of morpholine rings is 1. The zero-order valence-corrected chi connectivity index (χ0v) is 20.8. The van der Waals surface area contributed by atoms with Crippen LogP contribution in [0.5, 0.6) is 0 Å². The number of ether oxygens (including phenoxy) is 1. The lowest BCUT2D eigenvalue weighted by atomic mass is 10.1. The van der Waals surface area contributed by atoms with Crippen molar-refractivity contribution in [1.29, 1.82) is 0 Å². The molecule has 0 unspecified atom stereocenters. The number of rotatable bonds is 5. The number of piperazine rings is 1. The van der Waals surface area contributed by atoms with Crippen molar-refractivity contribution >= 4 is 38.8 Å². The molecule has 3 aromatic rings. The average molecular weight is 484 g/mol. The summed E-state index contributed by atoms with van der Waals surface area (Å²) in [5.74, 6) is 1.36. The molecule has 5 rings (SSSR count). The van der Waals surface area contributed by atoms with Crippen molar-refractivity contribution in [2.24, 2.45) is 0 Å². The third-order valence-corrected chi connectivity index (χ3v) is 7.90. The Morgan fingerprint density at radius 3 is 2.44 bits per heavy atom. The molecular formula is C25H30FN5O2S. The number of carbonyl (C=O) groups excluding carboxylic acids is 1. The third-order valence-electron chi connectivity index (χ3n) is 6.80. The lowest BCUT2D eigenvalue weighted by molar-refractivity contribution is 0.0331. The molecule has 0 amide bonds. The monoisotopic (exact) mass is 483 g/mol. The van der Waals surface area contributed by atoms with E-state index in [9.17, 15) is 9.18 Å². The average Bonchev–Trinajstić information content (AvgIpc) is 3.12. The van der Waals surface area contributed by atoms with E-state index in [0.717, 1.165) is 67.8 Å². The van der Waals surface area contributed by atoms with Crippen LogP contribution in [0.15, 0.2) is 18.2 Å². The normalized spacial score (nSPS) is 17.5. The van der Waals surface area contributed by atoms with Crippen LogP contribution < -0.4 is 9.80 Å². The molecule has 4 heterocycles. The zero-order chi connectivity index (χ0) is 23.8. The van der Waals surface area contributed by atoms with Crippen LogP contribution in [0.3, 0.4) is 0 Å². The summed E-state index contributed by atoms with van der Waals surface area (Å²) < 4.78 is 20.2. The third kappa shape index (κ3) is 4.52. The summed E-state index contributed by atoms with van der Waals surface area (Å²) in [7, 11) is 0. The van der Waals surface area contributed by atoms with Gasteiger partial charge < -0.3 is 14.5 Å². The molecule has 2 aliphatic heterocycles. The maximum atomic E-state index is 14.7. The maximum absolute atomic E-state index is 14.7. The van der Waals surface area contributed by atoms with Gasteiger partial charge in [0.1, 0.15) is 22.3 Å². The molecule has 0 saturated carbocycles. The van der Waals surface area contributed by atoms with Crippen LogP contribution in [0.2, 0.25) is 0 Å². The molecule has 7 nitrogen and oxygen atoms in total. The summed E-state index contributed by atoms with van der Waals surface area (Å²) >= 11 is 1.73. The minimum absolute atomic E-state index is 0.127. The summed E-state index contributed by atoms with van der Waals surface area (Å²) in [6, 6.07) is 4.77. The van der Waals surface area contributed by atoms with Gasteiger partial charge in [-0.3, -0.25) is 9.69 Å². The summed E-state index contributed by atoms with van der Waals surface area (Å²) in [5.41, 5.74) is 2.19. The van der Waals surface area contributed by atoms with Gasteiger partial charge in [-0.15, -0.1) is 11.3 Å². The number of aromatic nitrogens is 2. The highest BCUT2D eigenvalue weighted by atomic mass is 32.1. The first kappa shape index (κ1) is 23.1. The number of Topliss-reactive ketones (excluding diaryl/α,β-unsaturated/α-hetero) is 1. The van der Waals surface area contributed by atoms with Gasteiger partial charge in [-0.2, -0.15) is 0 Å². The van der Waals surface area contributed by atoms with E-state index in [-0.39, 0.29) is 11.6 Å². The van der Waals surface area contributed by atoms with Gasteiger partial charge in [0.05, 0.1) is 30.8 Å². The van der Waals surface area contributed by atoms with Crippen molar-refractivity contribution in [2.75, 3.05) is 62.3 Å². The van der Waals surface area contributed by atoms with E-state index in [1.807, 2.05) is 0 Å². The second-order valence-corrected chi connectivity index (χ2v) is 10.2. The molecule has 0 spiro atoms. The molecule has 0 aliphatic carbocycles. The van der Waals surface area contributed by atoms with Crippen molar-refractivity contribution < 1.29 is 13.9 Å². The first-order valence-electron chi connectivity index (χ1n) is 11.8. The van der Waals surface area contributed by atoms with Crippen LogP contribution in [-0.4, -0.2) is 73.1 Å². The molecule has 2 saturated heterocycles. The van der Waals surface area contributed by atoms with Crippen molar-refractivity contribution in [1.82, 2.24) is 14.9 Å². The number of ketones is 1. The number of nitrogens with zero attached hydrogens (tertiary/aromatic N) is 5. The number of hydrogen-bond donors (Lipinski definition) is 0. The van der Waals surface area contributed by atoms with Gasteiger partial charge in [-0.1, -0.05) is 0 Å². The lowest BCUT2D eigenvalue weighted by Gasteiger charge is -2.37. The highest BCUT2D eigenvalue weighted by Crippen LogP contribution is 2.36. The second-order valence-electron chi connectivity index (χ2n) is 9.01. The Balaban J connectivity index is 1.39. The van der Waals surface area contributed by atoms with Crippen LogP contribution in [0, 0.1) is 19.7 Å². The Kier molecular flexibility index (Phi) is 6.50. The number of carbonyl (C=O) groups is 1. The zero-order valence-electron chi connectivity index (χ0n) is 19.9. The van der Waals surface area contributed by atoms with Gasteiger partial charge in [0.25, 0.3) is 0 Å². The molecule has 2 fully saturated rings. The summed E-state index contributed by atoms with van der Waals surface area (Å²) in [4.78, 5) is 30.5. The molecule has 0 atom stereocenters. The minimum Gasteiger partial charge on any atom is -0.379 e. The van der Waals surface area contributed by atoms with Crippen molar-refractivity contribution in [3.05, 3.63) is 45.8 Å². The van der Waals surface area contributed by atoms with E-state index in [1.165, 1.54) is 23.4 Å². The van der Waals surface area contributed by atoms with E-state index < -0.39 is 0 Å². The maximum Gasteiger partial charge on any atom is 0.159 e. The number of thiophene rings is 1. The number of hydrogen-bond acceptors (Lipinski definition) is 8. The molecule has 1 aromatic carbocycles. The number of fused-ring (bicyclic) bond motifs is 1. The summed E-state index contributed by atoms with van der Waals surface area (Å²) in [6.07, 6.45) is 0. The Bertz CT molecular complexity index is 1220. The van der Waals surface area contributed by atoms with Gasteiger partial charge in [0.2, 0.25) is 0 Å². The Labute approximate surface area is 203 Å². The molecule has 9 heteroatoms. The topological polar surface area (TPSA) is 61.8 Å². The Hall–Kier alpha value is -2.62. The molecule has 180 valence electrons. The van der Waals surface area contributed by atoms with Crippen LogP contribution >= 0.6 is 11.3 Å². The molecule has 2 aromatic heterocycles. The fourth-order valence-corrected chi connectivity index (χ4v) is 5.71. The standard InChI is InChI=1S/C25H30FN5O2S/c1-16-18(3)34-25-23(16)24(27-22(28-25)15-29-10-12-33-13-11-29)31-8-6-30(7-9-31)21-5-4-19(17(2)32)14-20(21)26/h4-5,14H,6-13,15H2,1-3H3. The van der Waals surface area contributed by atoms with E-state index in [4.69, 9.17) is 14.7 Å². The quantitative estimate of drug-likeness (QED) is 0.512. The van der Waals surface area contributed by atoms with Crippen LogP contribution in [0.4, 0.5) is 15.9 Å². The van der Waals surface area contributed by atoms with Crippen molar-refractivity contribution in [2.45, 2.75) is 27.3 Å². The number of anilines is 2. The fraction of sp³-hybridized carbons (Fsp3) is 0.480. The summed E-state index contributed by atoms with van der Waals surface area (Å²) in [5, 5.41) is 1.14. The van der Waals surface area contributed by atoms with E-state index in [2.05, 4.69) is 28.5 Å². The van der Waals surface area contributed by atoms with Gasteiger partial charge >= 0.3 is 0 Å². The van der Waals surface area contributed by atoms with Gasteiger partial charge in [-0.05, 0) is 44.5 Å². The van der Waals surface area contributed by atoms with Gasteiger partial charge in [-0.25, -0.2) is 14.4 Å². The molecule has 0 radical (unpaired) electrons. The second kappa shape index (κ2) is 9.56. The first-order chi connectivity index (χ1) is 16.4. The smallest absolute Gasteiger partial charge is 0.159 e. The van der Waals surface area contributed by atoms with Crippen molar-refractivity contribution in [3.63, 3.8) is 0 Å². The SMILES string of the molecule is CC(=O)c1ccc(N2CCN(c3nc(CN4CCOCC4)nc4sc(C)c(C)c34)CC2)c(F)c1. The first-order valence-corrected chi connectivity index (χ1v) is 12.6. The lowest BCUT2D eigenvalue weighted by Crippen LogP contribution is -2.47. The molecular weight excluding hydrogens is 453 g/mol. The summed E-state index contributed by atoms with van der Waals surface area (Å²) in [6.45, 7) is 12.6. The van der Waals surface area contributed by atoms with Gasteiger partial charge in [0.15, 0.2) is 5.78 Å². The molecule has 0 N–H and O–H groups in total. The van der Waals surface area contributed by atoms with Crippen molar-refractivity contribution in [3.8, 4) is 0 Å². The molecule has 34 heavy (non-hydrogen) atoms. The number of aryl methyl sites for hydroxylation is 2. The minimum atomic E-state index is -0.345. The van der Waals surface area contributed by atoms with Crippen LogP contribution in [0.1, 0.15) is 33.5 Å². The Morgan fingerprint density at radius 1 is 1.06 bits per heavy atom.